The van der Waals surface area contributed by atoms with Gasteiger partial charge in [-0.2, -0.15) is 5.10 Å². The molecule has 0 saturated carbocycles. The summed E-state index contributed by atoms with van der Waals surface area (Å²) < 4.78 is 2.03. The standard InChI is InChI=1S/C15H15Cl2N5OS/c1-7(13-14(16)20-15(17)24-13)19-9-3-4-10-8(2)22(6-12(18)23)21-11(10)5-9/h3-5,7,19H,6H2,1-2H3,(H2,18,23)/t7-/m1/s1. The second-order valence-corrected chi connectivity index (χ2v) is 7.40. The lowest BCUT2D eigenvalue weighted by atomic mass is 10.2. The number of nitrogens with one attached hydrogen (secondary N) is 1. The molecule has 1 atom stereocenters. The first-order valence-electron chi connectivity index (χ1n) is 7.19. The summed E-state index contributed by atoms with van der Waals surface area (Å²) in [4.78, 5) is 16.0. The molecule has 2 heterocycles. The molecule has 24 heavy (non-hydrogen) atoms. The first kappa shape index (κ1) is 17.0. The van der Waals surface area contributed by atoms with E-state index in [0.717, 1.165) is 27.2 Å². The van der Waals surface area contributed by atoms with Crippen molar-refractivity contribution in [3.63, 3.8) is 0 Å². The van der Waals surface area contributed by atoms with Gasteiger partial charge in [0.15, 0.2) is 4.47 Å². The predicted molar refractivity (Wildman–Crippen MR) is 97.8 cm³/mol. The molecule has 126 valence electrons. The zero-order valence-corrected chi connectivity index (χ0v) is 15.3. The minimum atomic E-state index is -0.422. The molecule has 0 unspecified atom stereocenters. The molecule has 1 amide bonds. The number of thiazole rings is 1. The number of nitrogens with zero attached hydrogens (tertiary/aromatic N) is 3. The number of fused-ring (bicyclic) bond motifs is 1. The van der Waals surface area contributed by atoms with Crippen molar-refractivity contribution in [3.05, 3.63) is 38.4 Å². The number of hydrogen-bond acceptors (Lipinski definition) is 5. The predicted octanol–water partition coefficient (Wildman–Crippen LogP) is 3.77. The fourth-order valence-electron chi connectivity index (χ4n) is 2.53. The lowest BCUT2D eigenvalue weighted by Gasteiger charge is -2.13. The third-order valence-corrected chi connectivity index (χ3v) is 5.41. The lowest BCUT2D eigenvalue weighted by molar-refractivity contribution is -0.118. The Morgan fingerprint density at radius 2 is 2.21 bits per heavy atom. The number of aromatic nitrogens is 3. The fourth-order valence-corrected chi connectivity index (χ4v) is 4.00. The zero-order chi connectivity index (χ0) is 17.4. The van der Waals surface area contributed by atoms with E-state index in [4.69, 9.17) is 28.9 Å². The summed E-state index contributed by atoms with van der Waals surface area (Å²) >= 11 is 13.3. The smallest absolute Gasteiger partial charge is 0.239 e. The van der Waals surface area contributed by atoms with Gasteiger partial charge in [0.05, 0.1) is 16.4 Å². The summed E-state index contributed by atoms with van der Waals surface area (Å²) in [5, 5.41) is 9.18. The van der Waals surface area contributed by atoms with E-state index >= 15 is 0 Å². The molecule has 1 aromatic carbocycles. The third-order valence-electron chi connectivity index (χ3n) is 3.67. The highest BCUT2D eigenvalue weighted by atomic mass is 35.5. The van der Waals surface area contributed by atoms with Crippen LogP contribution < -0.4 is 11.1 Å². The Kier molecular flexibility index (Phi) is 4.67. The molecule has 0 spiro atoms. The van der Waals surface area contributed by atoms with Crippen LogP contribution in [0.5, 0.6) is 0 Å². The fraction of sp³-hybridized carbons (Fsp3) is 0.267. The number of carbonyl (C=O) groups excluding carboxylic acids is 1. The van der Waals surface area contributed by atoms with Crippen LogP contribution >= 0.6 is 34.5 Å². The SMILES string of the molecule is Cc1c2ccc(N[C@H](C)c3sc(Cl)nc3Cl)cc2nn1CC(N)=O. The maximum absolute atomic E-state index is 11.1. The van der Waals surface area contributed by atoms with Crippen molar-refractivity contribution in [2.45, 2.75) is 26.4 Å². The molecule has 0 aliphatic heterocycles. The normalized spacial score (nSPS) is 12.5. The van der Waals surface area contributed by atoms with Crippen molar-refractivity contribution >= 4 is 57.0 Å². The first-order valence-corrected chi connectivity index (χ1v) is 8.76. The van der Waals surface area contributed by atoms with Crippen molar-refractivity contribution < 1.29 is 4.79 Å². The van der Waals surface area contributed by atoms with Crippen molar-refractivity contribution in [1.82, 2.24) is 14.8 Å². The van der Waals surface area contributed by atoms with Gasteiger partial charge in [-0.05, 0) is 32.0 Å². The van der Waals surface area contributed by atoms with E-state index in [1.165, 1.54) is 11.3 Å². The number of halogens is 2. The average Bonchev–Trinajstić information content (AvgIpc) is 2.98. The highest BCUT2D eigenvalue weighted by molar-refractivity contribution is 7.16. The summed E-state index contributed by atoms with van der Waals surface area (Å²) in [5.74, 6) is -0.422. The van der Waals surface area contributed by atoms with Crippen LogP contribution in [-0.4, -0.2) is 20.7 Å². The van der Waals surface area contributed by atoms with Crippen LogP contribution in [0.3, 0.4) is 0 Å². The van der Waals surface area contributed by atoms with Crippen molar-refractivity contribution in [1.29, 1.82) is 0 Å². The molecule has 0 bridgehead atoms. The number of amides is 1. The van der Waals surface area contributed by atoms with E-state index in [-0.39, 0.29) is 12.6 Å². The van der Waals surface area contributed by atoms with Crippen LogP contribution in [0.1, 0.15) is 23.5 Å². The maximum Gasteiger partial charge on any atom is 0.239 e. The number of benzene rings is 1. The molecule has 0 aliphatic rings. The van der Waals surface area contributed by atoms with E-state index in [9.17, 15) is 4.79 Å². The van der Waals surface area contributed by atoms with Gasteiger partial charge in [-0.15, -0.1) is 11.3 Å². The molecule has 3 aromatic rings. The number of hydrogen-bond donors (Lipinski definition) is 2. The minimum Gasteiger partial charge on any atom is -0.378 e. The molecular weight excluding hydrogens is 369 g/mol. The molecule has 0 fully saturated rings. The van der Waals surface area contributed by atoms with Gasteiger partial charge in [0.25, 0.3) is 0 Å². The number of nitrogens with two attached hydrogens (primary N) is 1. The summed E-state index contributed by atoms with van der Waals surface area (Å²) in [6.07, 6.45) is 0. The Morgan fingerprint density at radius 3 is 2.83 bits per heavy atom. The maximum atomic E-state index is 11.1. The second-order valence-electron chi connectivity index (χ2n) is 5.43. The van der Waals surface area contributed by atoms with Crippen LogP contribution in [0, 0.1) is 6.92 Å². The van der Waals surface area contributed by atoms with Gasteiger partial charge in [-0.25, -0.2) is 4.98 Å². The molecule has 2 aromatic heterocycles. The molecule has 0 aliphatic carbocycles. The number of primary amides is 1. The van der Waals surface area contributed by atoms with Crippen molar-refractivity contribution in [2.75, 3.05) is 5.32 Å². The Balaban J connectivity index is 1.88. The molecule has 3 N–H and O–H groups in total. The Morgan fingerprint density at radius 1 is 1.46 bits per heavy atom. The van der Waals surface area contributed by atoms with Crippen LogP contribution in [0.15, 0.2) is 18.2 Å². The molecule has 0 radical (unpaired) electrons. The van der Waals surface area contributed by atoms with E-state index in [1.807, 2.05) is 32.0 Å². The largest absolute Gasteiger partial charge is 0.378 e. The Hall–Kier alpha value is -1.83. The molecule has 3 rings (SSSR count). The Bertz CT molecular complexity index is 920. The van der Waals surface area contributed by atoms with E-state index in [0.29, 0.717) is 9.62 Å². The van der Waals surface area contributed by atoms with Crippen LogP contribution in [0.25, 0.3) is 10.9 Å². The van der Waals surface area contributed by atoms with E-state index in [2.05, 4.69) is 15.4 Å². The van der Waals surface area contributed by atoms with Crippen LogP contribution in [-0.2, 0) is 11.3 Å². The quantitative estimate of drug-likeness (QED) is 0.701. The highest BCUT2D eigenvalue weighted by Gasteiger charge is 2.16. The van der Waals surface area contributed by atoms with E-state index < -0.39 is 5.91 Å². The number of rotatable bonds is 5. The number of carbonyl (C=O) groups is 1. The summed E-state index contributed by atoms with van der Waals surface area (Å²) in [6.45, 7) is 3.96. The highest BCUT2D eigenvalue weighted by Crippen LogP contribution is 2.34. The van der Waals surface area contributed by atoms with Gasteiger partial charge in [0.1, 0.15) is 11.7 Å². The third kappa shape index (κ3) is 3.33. The van der Waals surface area contributed by atoms with Crippen LogP contribution in [0.2, 0.25) is 9.62 Å². The molecular formula is C15H15Cl2N5OS. The number of anilines is 1. The summed E-state index contributed by atoms with van der Waals surface area (Å²) in [7, 11) is 0. The van der Waals surface area contributed by atoms with Crippen LogP contribution in [0.4, 0.5) is 5.69 Å². The number of aryl methyl sites for hydroxylation is 1. The van der Waals surface area contributed by atoms with Gasteiger partial charge in [0, 0.05) is 16.8 Å². The second kappa shape index (κ2) is 6.58. The van der Waals surface area contributed by atoms with Gasteiger partial charge in [-0.1, -0.05) is 23.2 Å². The minimum absolute atomic E-state index is 0.0475. The van der Waals surface area contributed by atoms with Crippen molar-refractivity contribution in [3.8, 4) is 0 Å². The van der Waals surface area contributed by atoms with Gasteiger partial charge in [-0.3, -0.25) is 9.48 Å². The average molecular weight is 384 g/mol. The van der Waals surface area contributed by atoms with E-state index in [1.54, 1.807) is 4.68 Å². The summed E-state index contributed by atoms with van der Waals surface area (Å²) in [5.41, 5.74) is 7.83. The molecule has 0 saturated heterocycles. The molecule has 9 heteroatoms. The lowest BCUT2D eigenvalue weighted by Crippen LogP contribution is -2.20. The summed E-state index contributed by atoms with van der Waals surface area (Å²) in [6, 6.07) is 5.80. The van der Waals surface area contributed by atoms with Gasteiger partial charge >= 0.3 is 0 Å². The Labute approximate surface area is 152 Å². The monoisotopic (exact) mass is 383 g/mol. The topological polar surface area (TPSA) is 85.8 Å². The van der Waals surface area contributed by atoms with Crippen molar-refractivity contribution in [2.24, 2.45) is 5.73 Å². The van der Waals surface area contributed by atoms with Gasteiger partial charge < -0.3 is 11.1 Å². The first-order chi connectivity index (χ1) is 11.3. The zero-order valence-electron chi connectivity index (χ0n) is 13.0. The van der Waals surface area contributed by atoms with Gasteiger partial charge in [0.2, 0.25) is 5.91 Å². The molecule has 6 nitrogen and oxygen atoms in total.